The lowest BCUT2D eigenvalue weighted by atomic mass is 9.97. The highest BCUT2D eigenvalue weighted by atomic mass is 16.5. The number of aliphatic hydroxyl groups excluding tert-OH is 1. The van der Waals surface area contributed by atoms with Crippen molar-refractivity contribution in [2.45, 2.75) is 26.7 Å². The van der Waals surface area contributed by atoms with Crippen LogP contribution in [0.15, 0.2) is 48.2 Å². The number of rotatable bonds is 6. The molecule has 0 bridgehead atoms. The summed E-state index contributed by atoms with van der Waals surface area (Å²) < 4.78 is 5.00. The van der Waals surface area contributed by atoms with Crippen LogP contribution < -0.4 is 0 Å². The van der Waals surface area contributed by atoms with Crippen molar-refractivity contribution in [3.05, 3.63) is 53.8 Å². The predicted molar refractivity (Wildman–Crippen MR) is 76.7 cm³/mol. The smallest absolute Gasteiger partial charge is 0.342 e. The number of esters is 1. The van der Waals surface area contributed by atoms with Crippen LogP contribution in [-0.2, 0) is 9.53 Å². The number of ether oxygens (including phenoxy) is 1. The van der Waals surface area contributed by atoms with Crippen LogP contribution in [0.5, 0.6) is 0 Å². The van der Waals surface area contributed by atoms with Crippen LogP contribution in [0, 0.1) is 0 Å². The molecule has 1 aromatic carbocycles. The first-order valence-corrected chi connectivity index (χ1v) is 6.45. The van der Waals surface area contributed by atoms with Gasteiger partial charge in [-0.1, -0.05) is 43.8 Å². The van der Waals surface area contributed by atoms with E-state index in [0.29, 0.717) is 12.0 Å². The molecule has 0 spiro atoms. The molecule has 3 heteroatoms. The monoisotopic (exact) mass is 260 g/mol. The molecule has 0 fully saturated rings. The fourth-order valence-corrected chi connectivity index (χ4v) is 1.76. The molecule has 19 heavy (non-hydrogen) atoms. The van der Waals surface area contributed by atoms with E-state index in [1.807, 2.05) is 37.3 Å². The van der Waals surface area contributed by atoms with Crippen LogP contribution in [0.25, 0.3) is 5.57 Å². The molecule has 0 aliphatic rings. The zero-order chi connectivity index (χ0) is 14.3. The van der Waals surface area contributed by atoms with E-state index >= 15 is 0 Å². The molecule has 0 heterocycles. The predicted octanol–water partition coefficient (Wildman–Crippen LogP) is 3.88. The van der Waals surface area contributed by atoms with Crippen LogP contribution in [0.3, 0.4) is 0 Å². The molecule has 0 aliphatic carbocycles. The number of hydrogen-bond acceptors (Lipinski definition) is 3. The molecule has 1 N–H and O–H groups in total. The number of hydrogen-bond donors (Lipinski definition) is 1. The zero-order valence-corrected chi connectivity index (χ0v) is 11.5. The second-order valence-corrected chi connectivity index (χ2v) is 4.14. The summed E-state index contributed by atoms with van der Waals surface area (Å²) in [5.41, 5.74) is 1.47. The fourth-order valence-electron chi connectivity index (χ4n) is 1.76. The van der Waals surface area contributed by atoms with E-state index in [9.17, 15) is 9.90 Å². The van der Waals surface area contributed by atoms with Crippen molar-refractivity contribution >= 4 is 11.5 Å². The molecule has 3 nitrogen and oxygen atoms in total. The van der Waals surface area contributed by atoms with Gasteiger partial charge >= 0.3 is 5.97 Å². The van der Waals surface area contributed by atoms with Gasteiger partial charge in [0, 0.05) is 6.42 Å². The Hall–Kier alpha value is -2.03. The van der Waals surface area contributed by atoms with Crippen molar-refractivity contribution in [2.24, 2.45) is 0 Å². The molecule has 1 aromatic rings. The van der Waals surface area contributed by atoms with Crippen LogP contribution in [0.4, 0.5) is 0 Å². The maximum atomic E-state index is 12.0. The summed E-state index contributed by atoms with van der Waals surface area (Å²) in [6.45, 7) is 7.85. The van der Waals surface area contributed by atoms with Crippen molar-refractivity contribution in [3.63, 3.8) is 0 Å². The highest BCUT2D eigenvalue weighted by Gasteiger charge is 2.20. The summed E-state index contributed by atoms with van der Waals surface area (Å²) in [6.07, 6.45) is 1.18. The van der Waals surface area contributed by atoms with E-state index in [2.05, 4.69) is 6.58 Å². The van der Waals surface area contributed by atoms with Gasteiger partial charge in [0.25, 0.3) is 0 Å². The lowest BCUT2D eigenvalue weighted by molar-refractivity contribution is -0.138. The topological polar surface area (TPSA) is 46.5 Å². The maximum absolute atomic E-state index is 12.0. The van der Waals surface area contributed by atoms with Gasteiger partial charge in [-0.3, -0.25) is 0 Å². The van der Waals surface area contributed by atoms with Crippen molar-refractivity contribution in [3.8, 4) is 0 Å². The summed E-state index contributed by atoms with van der Waals surface area (Å²) in [5.74, 6) is -0.489. The third-order valence-corrected chi connectivity index (χ3v) is 2.68. The van der Waals surface area contributed by atoms with Gasteiger partial charge < -0.3 is 9.84 Å². The van der Waals surface area contributed by atoms with Crippen LogP contribution >= 0.6 is 0 Å². The second kappa shape index (κ2) is 7.41. The first-order chi connectivity index (χ1) is 9.11. The average Bonchev–Trinajstić information content (AvgIpc) is 2.40. The Labute approximate surface area is 114 Å². The van der Waals surface area contributed by atoms with Crippen molar-refractivity contribution < 1.29 is 14.6 Å². The second-order valence-electron chi connectivity index (χ2n) is 4.14. The van der Waals surface area contributed by atoms with Gasteiger partial charge in [-0.05, 0) is 24.5 Å². The minimum atomic E-state index is -0.526. The number of allylic oxidation sites excluding steroid dienone is 1. The number of carbonyl (C=O) groups excluding carboxylic acids is 1. The molecule has 0 radical (unpaired) electrons. The van der Waals surface area contributed by atoms with E-state index < -0.39 is 5.97 Å². The van der Waals surface area contributed by atoms with Crippen molar-refractivity contribution in [2.75, 3.05) is 6.61 Å². The molecule has 102 valence electrons. The van der Waals surface area contributed by atoms with Gasteiger partial charge in [-0.25, -0.2) is 4.79 Å². The Morgan fingerprint density at radius 1 is 1.26 bits per heavy atom. The number of aliphatic hydroxyl groups is 1. The first kappa shape index (κ1) is 15.0. The third kappa shape index (κ3) is 3.98. The minimum absolute atomic E-state index is 0.0369. The summed E-state index contributed by atoms with van der Waals surface area (Å²) in [6, 6.07) is 9.30. The molecule has 0 saturated carbocycles. The maximum Gasteiger partial charge on any atom is 0.342 e. The number of carbonyl (C=O) groups is 1. The molecule has 0 unspecified atom stereocenters. The van der Waals surface area contributed by atoms with E-state index in [-0.39, 0.29) is 17.9 Å². The lowest BCUT2D eigenvalue weighted by Gasteiger charge is -2.12. The first-order valence-electron chi connectivity index (χ1n) is 6.45. The molecular weight excluding hydrogens is 240 g/mol. The SMILES string of the molecule is C=C(C(C(=O)OCC)=C(O)CCC)c1ccccc1. The Morgan fingerprint density at radius 3 is 2.42 bits per heavy atom. The van der Waals surface area contributed by atoms with E-state index in [1.54, 1.807) is 6.92 Å². The van der Waals surface area contributed by atoms with E-state index in [0.717, 1.165) is 12.0 Å². The lowest BCUT2D eigenvalue weighted by Crippen LogP contribution is -2.12. The quantitative estimate of drug-likeness (QED) is 0.365. The Bertz CT molecular complexity index is 472. The highest BCUT2D eigenvalue weighted by molar-refractivity contribution is 6.06. The number of benzene rings is 1. The third-order valence-electron chi connectivity index (χ3n) is 2.68. The van der Waals surface area contributed by atoms with Gasteiger partial charge in [-0.2, -0.15) is 0 Å². The normalized spacial score (nSPS) is 11.7. The Morgan fingerprint density at radius 2 is 1.89 bits per heavy atom. The molecule has 0 aromatic heterocycles. The van der Waals surface area contributed by atoms with Crippen LogP contribution in [0.1, 0.15) is 32.3 Å². The molecule has 1 rings (SSSR count). The van der Waals surface area contributed by atoms with Crippen molar-refractivity contribution in [1.29, 1.82) is 0 Å². The summed E-state index contributed by atoms with van der Waals surface area (Å²) >= 11 is 0. The Balaban J connectivity index is 3.14. The average molecular weight is 260 g/mol. The van der Waals surface area contributed by atoms with Gasteiger partial charge in [0.15, 0.2) is 0 Å². The fraction of sp³-hybridized carbons (Fsp3) is 0.312. The van der Waals surface area contributed by atoms with Gasteiger partial charge in [0.2, 0.25) is 0 Å². The molecular formula is C16H20O3. The van der Waals surface area contributed by atoms with Crippen LogP contribution in [-0.4, -0.2) is 17.7 Å². The van der Waals surface area contributed by atoms with Gasteiger partial charge in [0.05, 0.1) is 6.61 Å². The molecule has 0 amide bonds. The summed E-state index contributed by atoms with van der Waals surface area (Å²) in [5, 5.41) is 10.1. The van der Waals surface area contributed by atoms with Gasteiger partial charge in [0.1, 0.15) is 11.3 Å². The minimum Gasteiger partial charge on any atom is -0.511 e. The summed E-state index contributed by atoms with van der Waals surface area (Å²) in [4.78, 5) is 12.0. The highest BCUT2D eigenvalue weighted by Crippen LogP contribution is 2.26. The molecule has 0 saturated heterocycles. The standard InChI is InChI=1S/C16H20O3/c1-4-9-14(17)15(16(18)19-5-2)12(3)13-10-7-6-8-11-13/h6-8,10-11,17H,3-5,9H2,1-2H3. The molecule has 0 atom stereocenters. The molecule has 0 aliphatic heterocycles. The van der Waals surface area contributed by atoms with Gasteiger partial charge in [-0.15, -0.1) is 0 Å². The van der Waals surface area contributed by atoms with E-state index in [1.165, 1.54) is 0 Å². The van der Waals surface area contributed by atoms with Crippen molar-refractivity contribution in [1.82, 2.24) is 0 Å². The Kier molecular flexibility index (Phi) is 5.86. The zero-order valence-electron chi connectivity index (χ0n) is 11.5. The largest absolute Gasteiger partial charge is 0.511 e. The summed E-state index contributed by atoms with van der Waals surface area (Å²) in [7, 11) is 0. The van der Waals surface area contributed by atoms with Crippen LogP contribution in [0.2, 0.25) is 0 Å². The van der Waals surface area contributed by atoms with E-state index in [4.69, 9.17) is 4.74 Å².